The lowest BCUT2D eigenvalue weighted by molar-refractivity contribution is 0.0955. The van der Waals surface area contributed by atoms with Crippen molar-refractivity contribution in [3.63, 3.8) is 0 Å². The average molecular weight is 437 g/mol. The van der Waals surface area contributed by atoms with Crippen molar-refractivity contribution in [3.05, 3.63) is 83.4 Å². The highest BCUT2D eigenvalue weighted by Crippen LogP contribution is 2.37. The number of nitrogens with one attached hydrogen (secondary N) is 1. The van der Waals surface area contributed by atoms with Crippen LogP contribution in [0.15, 0.2) is 76.7 Å². The van der Waals surface area contributed by atoms with Crippen LogP contribution in [-0.2, 0) is 5.75 Å². The molecule has 3 aromatic carbocycles. The molecule has 1 N–H and O–H groups in total. The first-order chi connectivity index (χ1) is 15.1. The van der Waals surface area contributed by atoms with Crippen molar-refractivity contribution < 1.29 is 19.0 Å². The Kier molecular flexibility index (Phi) is 7.95. The molecule has 160 valence electrons. The first-order valence-electron chi connectivity index (χ1n) is 9.54. The van der Waals surface area contributed by atoms with Crippen LogP contribution in [0.1, 0.15) is 21.5 Å². The summed E-state index contributed by atoms with van der Waals surface area (Å²) in [5.74, 6) is 2.07. The first-order valence-corrected chi connectivity index (χ1v) is 10.5. The molecule has 0 unspecified atom stereocenters. The highest BCUT2D eigenvalue weighted by molar-refractivity contribution is 7.98. The second-order valence-electron chi connectivity index (χ2n) is 6.46. The molecule has 6 nitrogen and oxygen atoms in total. The summed E-state index contributed by atoms with van der Waals surface area (Å²) in [5, 5.41) is 4.04. The van der Waals surface area contributed by atoms with Crippen molar-refractivity contribution in [2.45, 2.75) is 10.6 Å². The lowest BCUT2D eigenvalue weighted by Crippen LogP contribution is -2.17. The highest BCUT2D eigenvalue weighted by Gasteiger charge is 2.12. The van der Waals surface area contributed by atoms with Crippen LogP contribution in [0.2, 0.25) is 0 Å². The van der Waals surface area contributed by atoms with Gasteiger partial charge in [-0.2, -0.15) is 5.10 Å². The number of ether oxygens (including phenoxy) is 3. The fraction of sp³-hybridized carbons (Fsp3) is 0.167. The second-order valence-corrected chi connectivity index (χ2v) is 7.51. The van der Waals surface area contributed by atoms with Gasteiger partial charge in [-0.1, -0.05) is 30.3 Å². The molecule has 0 spiro atoms. The molecule has 0 saturated carbocycles. The molecular weight excluding hydrogens is 412 g/mol. The van der Waals surface area contributed by atoms with Gasteiger partial charge in [0.05, 0.1) is 27.5 Å². The molecule has 1 amide bonds. The van der Waals surface area contributed by atoms with Gasteiger partial charge in [0.2, 0.25) is 5.75 Å². The number of amides is 1. The van der Waals surface area contributed by atoms with Gasteiger partial charge in [0, 0.05) is 21.8 Å². The standard InChI is InChI=1S/C24H24N2O4S/c1-28-21-13-18(14-22(29-2)23(21)30-3)15-25-26-24(27)19-11-9-17(10-12-19)16-31-20-7-5-4-6-8-20/h4-15H,16H2,1-3H3,(H,26,27)/b25-15+. The van der Waals surface area contributed by atoms with Crippen LogP contribution in [0.5, 0.6) is 17.2 Å². The van der Waals surface area contributed by atoms with Crippen LogP contribution in [0.4, 0.5) is 0 Å². The third-order valence-electron chi connectivity index (χ3n) is 4.43. The van der Waals surface area contributed by atoms with Crippen LogP contribution >= 0.6 is 11.8 Å². The molecule has 0 aliphatic rings. The van der Waals surface area contributed by atoms with E-state index in [1.807, 2.05) is 30.3 Å². The summed E-state index contributed by atoms with van der Waals surface area (Å²) in [4.78, 5) is 13.6. The molecule has 0 radical (unpaired) electrons. The monoisotopic (exact) mass is 436 g/mol. The fourth-order valence-corrected chi connectivity index (χ4v) is 3.72. The van der Waals surface area contributed by atoms with Crippen molar-refractivity contribution in [1.82, 2.24) is 5.43 Å². The Bertz CT molecular complexity index is 1010. The molecule has 7 heteroatoms. The summed E-state index contributed by atoms with van der Waals surface area (Å²) in [6, 6.07) is 21.2. The molecule has 31 heavy (non-hydrogen) atoms. The van der Waals surface area contributed by atoms with Crippen molar-refractivity contribution in [2.75, 3.05) is 21.3 Å². The predicted octanol–water partition coefficient (Wildman–Crippen LogP) is 4.77. The van der Waals surface area contributed by atoms with Crippen molar-refractivity contribution in [3.8, 4) is 17.2 Å². The quantitative estimate of drug-likeness (QED) is 0.297. The van der Waals surface area contributed by atoms with Gasteiger partial charge in [0.15, 0.2) is 11.5 Å². The Balaban J connectivity index is 1.59. The molecule has 0 fully saturated rings. The molecular formula is C24H24N2O4S. The third kappa shape index (κ3) is 6.02. The zero-order chi connectivity index (χ0) is 22.1. The zero-order valence-electron chi connectivity index (χ0n) is 17.6. The first kappa shape index (κ1) is 22.2. The molecule has 3 aromatic rings. The third-order valence-corrected chi connectivity index (χ3v) is 5.51. The van der Waals surface area contributed by atoms with E-state index >= 15 is 0 Å². The van der Waals surface area contributed by atoms with E-state index in [4.69, 9.17) is 14.2 Å². The maximum Gasteiger partial charge on any atom is 0.271 e. The summed E-state index contributed by atoms with van der Waals surface area (Å²) in [5.41, 5.74) is 4.92. The second kappa shape index (κ2) is 11.1. The van der Waals surface area contributed by atoms with Gasteiger partial charge in [-0.25, -0.2) is 5.43 Å². The van der Waals surface area contributed by atoms with Gasteiger partial charge in [-0.05, 0) is 42.0 Å². The van der Waals surface area contributed by atoms with Gasteiger partial charge < -0.3 is 14.2 Å². The Labute approximate surface area is 186 Å². The Morgan fingerprint density at radius 3 is 2.16 bits per heavy atom. The van der Waals surface area contributed by atoms with Gasteiger partial charge in [-0.3, -0.25) is 4.79 Å². The summed E-state index contributed by atoms with van der Waals surface area (Å²) in [6.07, 6.45) is 1.52. The normalized spacial score (nSPS) is 10.7. The summed E-state index contributed by atoms with van der Waals surface area (Å²) in [6.45, 7) is 0. The van der Waals surface area contributed by atoms with Gasteiger partial charge in [0.25, 0.3) is 5.91 Å². The van der Waals surface area contributed by atoms with Gasteiger partial charge in [-0.15, -0.1) is 11.8 Å². The van der Waals surface area contributed by atoms with Gasteiger partial charge >= 0.3 is 0 Å². The lowest BCUT2D eigenvalue weighted by Gasteiger charge is -2.12. The van der Waals surface area contributed by atoms with Crippen LogP contribution in [-0.4, -0.2) is 33.5 Å². The molecule has 0 aliphatic heterocycles. The van der Waals surface area contributed by atoms with Crippen LogP contribution in [0, 0.1) is 0 Å². The largest absolute Gasteiger partial charge is 0.493 e. The maximum atomic E-state index is 12.4. The van der Waals surface area contributed by atoms with Crippen molar-refractivity contribution in [2.24, 2.45) is 5.10 Å². The molecule has 0 bridgehead atoms. The van der Waals surface area contributed by atoms with E-state index in [-0.39, 0.29) is 5.91 Å². The zero-order valence-corrected chi connectivity index (χ0v) is 18.4. The van der Waals surface area contributed by atoms with Crippen LogP contribution in [0.25, 0.3) is 0 Å². The maximum absolute atomic E-state index is 12.4. The number of carbonyl (C=O) groups excluding carboxylic acids is 1. The van der Waals surface area contributed by atoms with E-state index in [0.29, 0.717) is 28.4 Å². The van der Waals surface area contributed by atoms with E-state index in [1.165, 1.54) is 11.1 Å². The Morgan fingerprint density at radius 2 is 1.58 bits per heavy atom. The molecule has 0 aliphatic carbocycles. The number of hydrogen-bond acceptors (Lipinski definition) is 6. The number of nitrogens with zero attached hydrogens (tertiary/aromatic N) is 1. The Hall–Kier alpha value is -3.45. The minimum atomic E-state index is -0.286. The van der Waals surface area contributed by atoms with Gasteiger partial charge in [0.1, 0.15) is 0 Å². The minimum absolute atomic E-state index is 0.286. The number of methoxy groups -OCH3 is 3. The molecule has 3 rings (SSSR count). The highest BCUT2D eigenvalue weighted by atomic mass is 32.2. The van der Waals surface area contributed by atoms with E-state index < -0.39 is 0 Å². The number of rotatable bonds is 9. The van der Waals surface area contributed by atoms with E-state index in [1.54, 1.807) is 57.4 Å². The molecule has 0 aromatic heterocycles. The SMILES string of the molecule is COc1cc(/C=N/NC(=O)c2ccc(CSc3ccccc3)cc2)cc(OC)c1OC. The summed E-state index contributed by atoms with van der Waals surface area (Å²) >= 11 is 1.75. The molecule has 0 saturated heterocycles. The minimum Gasteiger partial charge on any atom is -0.493 e. The number of hydrazone groups is 1. The molecule has 0 heterocycles. The van der Waals surface area contributed by atoms with Crippen LogP contribution in [0.3, 0.4) is 0 Å². The van der Waals surface area contributed by atoms with Crippen LogP contribution < -0.4 is 19.6 Å². The number of hydrogen-bond donors (Lipinski definition) is 1. The topological polar surface area (TPSA) is 69.2 Å². The molecule has 0 atom stereocenters. The lowest BCUT2D eigenvalue weighted by atomic mass is 10.1. The Morgan fingerprint density at radius 1 is 0.935 bits per heavy atom. The van der Waals surface area contributed by atoms with Crippen molar-refractivity contribution in [1.29, 1.82) is 0 Å². The van der Waals surface area contributed by atoms with E-state index in [0.717, 1.165) is 11.3 Å². The summed E-state index contributed by atoms with van der Waals surface area (Å²) in [7, 11) is 4.63. The number of thioether (sulfide) groups is 1. The number of carbonyl (C=O) groups is 1. The van der Waals surface area contributed by atoms with E-state index in [9.17, 15) is 4.79 Å². The van der Waals surface area contributed by atoms with Crippen molar-refractivity contribution >= 4 is 23.9 Å². The smallest absolute Gasteiger partial charge is 0.271 e. The average Bonchev–Trinajstić information content (AvgIpc) is 2.82. The predicted molar refractivity (Wildman–Crippen MR) is 124 cm³/mol. The summed E-state index contributed by atoms with van der Waals surface area (Å²) < 4.78 is 15.9. The number of benzene rings is 3. The van der Waals surface area contributed by atoms with E-state index in [2.05, 4.69) is 22.7 Å². The fourth-order valence-electron chi connectivity index (χ4n) is 2.84.